The molecule has 31 heavy (non-hydrogen) atoms. The number of hydrogen-bond acceptors (Lipinski definition) is 0. The molecule has 1 aromatic carbocycles. The summed E-state index contributed by atoms with van der Waals surface area (Å²) in [7, 11) is -0.345. The first kappa shape index (κ1) is 25.0. The maximum atomic E-state index is 13.5. The van der Waals surface area contributed by atoms with Gasteiger partial charge in [0.05, 0.1) is 0 Å². The maximum Gasteiger partial charge on any atom is 0.141 e. The molecule has 0 N–H and O–H groups in total. The number of hydrogen-bond donors (Lipinski definition) is 0. The molecular weight excluding hydrogens is 419 g/mol. The molecule has 3 heteroatoms. The molecule has 1 heterocycles. The van der Waals surface area contributed by atoms with Crippen molar-refractivity contribution < 1.29 is 4.39 Å². The molecular formula is C28H44ClFSi. The number of unbranched alkanes of at least 4 members (excludes halogenated alkanes) is 3. The largest absolute Gasteiger partial charge is 0.205 e. The summed E-state index contributed by atoms with van der Waals surface area (Å²) in [5.74, 6) is 2.76. The van der Waals surface area contributed by atoms with Gasteiger partial charge in [-0.2, -0.15) is 0 Å². The highest BCUT2D eigenvalue weighted by atomic mass is 35.5. The van der Waals surface area contributed by atoms with Gasteiger partial charge in [0.2, 0.25) is 0 Å². The van der Waals surface area contributed by atoms with Crippen molar-refractivity contribution >= 4 is 26.2 Å². The van der Waals surface area contributed by atoms with E-state index < -0.39 is 0 Å². The van der Waals surface area contributed by atoms with Crippen molar-refractivity contribution in [3.05, 3.63) is 40.9 Å². The van der Waals surface area contributed by atoms with E-state index >= 15 is 0 Å². The molecule has 1 aromatic rings. The molecule has 0 nitrogen and oxygen atoms in total. The van der Waals surface area contributed by atoms with Gasteiger partial charge >= 0.3 is 0 Å². The minimum atomic E-state index is -0.356. The summed E-state index contributed by atoms with van der Waals surface area (Å²) in [4.78, 5) is 0. The van der Waals surface area contributed by atoms with E-state index in [0.717, 1.165) is 29.7 Å². The highest BCUT2D eigenvalue weighted by Gasteiger charge is 2.30. The molecule has 3 rings (SSSR count). The normalized spacial score (nSPS) is 27.4. The SMILES string of the molecule is CCCCC[Si@H]1CC[C@H]([C@H]2CC[C@H](CCCCc3ccc(C(F)=CCl)cc3)CC2)CC1. The molecule has 0 unspecified atom stereocenters. The molecule has 2 aliphatic rings. The third-order valence-electron chi connectivity index (χ3n) is 8.32. The summed E-state index contributed by atoms with van der Waals surface area (Å²) in [5.41, 5.74) is 2.89. The van der Waals surface area contributed by atoms with E-state index in [1.165, 1.54) is 69.8 Å². The van der Waals surface area contributed by atoms with E-state index in [-0.39, 0.29) is 14.6 Å². The standard InChI is InChI=1S/C28H44ClFSi/c1-2-3-6-19-31-20-17-26(18-21-31)25-13-9-23(10-14-25)7-4-5-8-24-11-15-27(16-12-24)28(30)22-29/h11-12,15-16,22-23,25-26,31H,2-10,13-14,17-21H2,1H3/t23-,25-,26-,31-. The predicted molar refractivity (Wildman–Crippen MR) is 138 cm³/mol. The second-order valence-corrected chi connectivity index (χ2v) is 14.1. The Labute approximate surface area is 197 Å². The highest BCUT2D eigenvalue weighted by molar-refractivity contribution is 6.58. The second-order valence-electron chi connectivity index (χ2n) is 10.5. The fourth-order valence-electron chi connectivity index (χ4n) is 6.24. The molecule has 174 valence electrons. The van der Waals surface area contributed by atoms with Crippen LogP contribution < -0.4 is 0 Å². The molecule has 2 fully saturated rings. The molecule has 0 aromatic heterocycles. The Balaban J connectivity index is 1.26. The van der Waals surface area contributed by atoms with Gasteiger partial charge in [0.1, 0.15) is 5.83 Å². The number of halogens is 2. The maximum absolute atomic E-state index is 13.5. The average molecular weight is 463 g/mol. The molecule has 0 spiro atoms. The predicted octanol–water partition coefficient (Wildman–Crippen LogP) is 9.54. The molecule has 1 saturated heterocycles. The van der Waals surface area contributed by atoms with Gasteiger partial charge in [-0.1, -0.05) is 119 Å². The lowest BCUT2D eigenvalue weighted by atomic mass is 9.73. The molecule has 0 bridgehead atoms. The Kier molecular flexibility index (Phi) is 11.2. The van der Waals surface area contributed by atoms with Crippen LogP contribution in [0, 0.1) is 17.8 Å². The van der Waals surface area contributed by atoms with Crippen LogP contribution in [0.15, 0.2) is 29.8 Å². The smallest absolute Gasteiger partial charge is 0.141 e. The van der Waals surface area contributed by atoms with Crippen LogP contribution in [0.4, 0.5) is 4.39 Å². The molecule has 1 aliphatic heterocycles. The van der Waals surface area contributed by atoms with Gasteiger partial charge in [0, 0.05) is 19.9 Å². The molecule has 0 atom stereocenters. The third kappa shape index (κ3) is 8.35. The Morgan fingerprint density at radius 1 is 0.935 bits per heavy atom. The lowest BCUT2D eigenvalue weighted by molar-refractivity contribution is 0.184. The summed E-state index contributed by atoms with van der Waals surface area (Å²) in [6, 6.07) is 12.7. The fourth-order valence-corrected chi connectivity index (χ4v) is 9.89. The van der Waals surface area contributed by atoms with E-state index in [0.29, 0.717) is 5.56 Å². The fraction of sp³-hybridized carbons (Fsp3) is 0.714. The Bertz CT molecular complexity index is 639. The summed E-state index contributed by atoms with van der Waals surface area (Å²) < 4.78 is 13.5. The molecule has 0 amide bonds. The van der Waals surface area contributed by atoms with Crippen LogP contribution in [0.1, 0.15) is 95.1 Å². The zero-order chi connectivity index (χ0) is 21.9. The van der Waals surface area contributed by atoms with Crippen molar-refractivity contribution in [3.63, 3.8) is 0 Å². The van der Waals surface area contributed by atoms with E-state index in [4.69, 9.17) is 11.6 Å². The lowest BCUT2D eigenvalue weighted by Gasteiger charge is -2.37. The number of benzene rings is 1. The van der Waals surface area contributed by atoms with E-state index in [2.05, 4.69) is 6.92 Å². The van der Waals surface area contributed by atoms with Crippen molar-refractivity contribution in [2.24, 2.45) is 17.8 Å². The summed E-state index contributed by atoms with van der Waals surface area (Å²) in [6.07, 6.45) is 18.6. The van der Waals surface area contributed by atoms with Crippen molar-refractivity contribution in [3.8, 4) is 0 Å². The molecule has 1 aliphatic carbocycles. The van der Waals surface area contributed by atoms with Gasteiger partial charge in [-0.05, 0) is 49.0 Å². The summed E-state index contributed by atoms with van der Waals surface area (Å²) >= 11 is 5.45. The first-order valence-corrected chi connectivity index (χ1v) is 16.1. The average Bonchev–Trinajstić information content (AvgIpc) is 2.83. The first-order chi connectivity index (χ1) is 15.2. The zero-order valence-corrected chi connectivity index (χ0v) is 21.7. The third-order valence-corrected chi connectivity index (χ3v) is 12.0. The Morgan fingerprint density at radius 3 is 2.26 bits per heavy atom. The van der Waals surface area contributed by atoms with Gasteiger partial charge in [-0.25, -0.2) is 4.39 Å². The van der Waals surface area contributed by atoms with Crippen LogP contribution in [0.3, 0.4) is 0 Å². The quantitative estimate of drug-likeness (QED) is 0.227. The monoisotopic (exact) mass is 462 g/mol. The van der Waals surface area contributed by atoms with Gasteiger partial charge in [0.15, 0.2) is 0 Å². The van der Waals surface area contributed by atoms with E-state index in [1.807, 2.05) is 24.3 Å². The zero-order valence-electron chi connectivity index (χ0n) is 19.8. The van der Waals surface area contributed by atoms with Crippen LogP contribution in [-0.2, 0) is 6.42 Å². The molecule has 0 radical (unpaired) electrons. The minimum absolute atomic E-state index is 0.345. The van der Waals surface area contributed by atoms with Crippen molar-refractivity contribution in [2.75, 3.05) is 0 Å². The van der Waals surface area contributed by atoms with Crippen molar-refractivity contribution in [1.29, 1.82) is 0 Å². The summed E-state index contributed by atoms with van der Waals surface area (Å²) in [6.45, 7) is 2.33. The van der Waals surface area contributed by atoms with Crippen LogP contribution in [0.5, 0.6) is 0 Å². The van der Waals surface area contributed by atoms with Gasteiger partial charge < -0.3 is 0 Å². The lowest BCUT2D eigenvalue weighted by Crippen LogP contribution is -2.28. The first-order valence-electron chi connectivity index (χ1n) is 13.2. The van der Waals surface area contributed by atoms with Crippen LogP contribution >= 0.6 is 11.6 Å². The topological polar surface area (TPSA) is 0 Å². The summed E-state index contributed by atoms with van der Waals surface area (Å²) in [5, 5.41) is 0. The van der Waals surface area contributed by atoms with Gasteiger partial charge in [-0.15, -0.1) is 0 Å². The Morgan fingerprint density at radius 2 is 1.61 bits per heavy atom. The van der Waals surface area contributed by atoms with Crippen LogP contribution in [0.25, 0.3) is 5.83 Å². The van der Waals surface area contributed by atoms with Crippen LogP contribution in [-0.4, -0.2) is 8.80 Å². The second kappa shape index (κ2) is 13.8. The Hall–Kier alpha value is -0.603. The number of rotatable bonds is 11. The number of aryl methyl sites for hydroxylation is 1. The van der Waals surface area contributed by atoms with Gasteiger partial charge in [-0.3, -0.25) is 0 Å². The van der Waals surface area contributed by atoms with Crippen LogP contribution in [0.2, 0.25) is 18.1 Å². The van der Waals surface area contributed by atoms with Crippen molar-refractivity contribution in [1.82, 2.24) is 0 Å². The van der Waals surface area contributed by atoms with Gasteiger partial charge in [0.25, 0.3) is 0 Å². The molecule has 1 saturated carbocycles. The highest BCUT2D eigenvalue weighted by Crippen LogP contribution is 2.42. The minimum Gasteiger partial charge on any atom is -0.205 e. The van der Waals surface area contributed by atoms with E-state index in [1.54, 1.807) is 31.0 Å². The van der Waals surface area contributed by atoms with E-state index in [9.17, 15) is 4.39 Å². The van der Waals surface area contributed by atoms with Crippen molar-refractivity contribution in [2.45, 2.75) is 109 Å².